The molecule has 0 bridgehead atoms. The number of nitrogens with zero attached hydrogens (tertiary/aromatic N) is 1. The summed E-state index contributed by atoms with van der Waals surface area (Å²) in [5.74, 6) is 0.00843. The van der Waals surface area contributed by atoms with E-state index < -0.39 is 0 Å². The Bertz CT molecular complexity index is 139. The van der Waals surface area contributed by atoms with Crippen molar-refractivity contribution < 1.29 is 14.3 Å². The smallest absolute Gasteiger partial charge is 0.233 e. The zero-order valence-electron chi connectivity index (χ0n) is 7.54. The van der Waals surface area contributed by atoms with E-state index in [2.05, 4.69) is 15.9 Å². The van der Waals surface area contributed by atoms with Crippen LogP contribution in [0.15, 0.2) is 0 Å². The molecule has 0 spiro atoms. The van der Waals surface area contributed by atoms with Crippen LogP contribution in [0.2, 0.25) is 0 Å². The quantitative estimate of drug-likeness (QED) is 0.517. The van der Waals surface area contributed by atoms with E-state index in [1.807, 2.05) is 0 Å². The molecule has 5 heteroatoms. The van der Waals surface area contributed by atoms with Gasteiger partial charge in [-0.25, -0.2) is 0 Å². The van der Waals surface area contributed by atoms with Crippen molar-refractivity contribution in [3.05, 3.63) is 0 Å². The summed E-state index contributed by atoms with van der Waals surface area (Å²) in [6, 6.07) is 0. The number of hydrogen-bond acceptors (Lipinski definition) is 3. The lowest BCUT2D eigenvalue weighted by Gasteiger charge is -2.21. The number of ether oxygens (including phenoxy) is 2. The fourth-order valence-corrected chi connectivity index (χ4v) is 1.10. The maximum Gasteiger partial charge on any atom is 0.233 e. The predicted octanol–water partition coefficient (Wildman–Crippen LogP) is 0.459. The Hall–Kier alpha value is -0.130. The van der Waals surface area contributed by atoms with E-state index in [-0.39, 0.29) is 12.2 Å². The minimum Gasteiger partial charge on any atom is -0.354 e. The van der Waals surface area contributed by atoms with Crippen molar-refractivity contribution in [3.63, 3.8) is 0 Å². The summed E-state index contributed by atoms with van der Waals surface area (Å²) in [5.41, 5.74) is 0. The highest BCUT2D eigenvalue weighted by Gasteiger charge is 2.12. The van der Waals surface area contributed by atoms with E-state index in [1.54, 1.807) is 26.2 Å². The molecule has 4 nitrogen and oxygen atoms in total. The van der Waals surface area contributed by atoms with Crippen LogP contribution in [-0.4, -0.2) is 50.2 Å². The van der Waals surface area contributed by atoms with Gasteiger partial charge < -0.3 is 14.4 Å². The number of hydrogen-bond donors (Lipinski definition) is 0. The standard InChI is InChI=1S/C7H14BrNO3/c1-9(6(10)4-8)5-7(11-2)12-3/h7H,4-5H2,1-3H3. The van der Waals surface area contributed by atoms with Crippen molar-refractivity contribution in [1.29, 1.82) is 0 Å². The highest BCUT2D eigenvalue weighted by atomic mass is 79.9. The zero-order valence-corrected chi connectivity index (χ0v) is 9.13. The van der Waals surface area contributed by atoms with Crippen LogP contribution in [0.25, 0.3) is 0 Å². The van der Waals surface area contributed by atoms with E-state index in [9.17, 15) is 4.79 Å². The molecule has 0 fully saturated rings. The molecule has 0 radical (unpaired) electrons. The Balaban J connectivity index is 3.80. The van der Waals surface area contributed by atoms with E-state index in [4.69, 9.17) is 9.47 Å². The maximum atomic E-state index is 11.0. The minimum absolute atomic E-state index is 0.00843. The number of carbonyl (C=O) groups is 1. The summed E-state index contributed by atoms with van der Waals surface area (Å²) in [6.45, 7) is 0.442. The average molecular weight is 240 g/mol. The first-order chi connectivity index (χ1) is 5.65. The first kappa shape index (κ1) is 11.9. The summed E-state index contributed by atoms with van der Waals surface area (Å²) in [7, 11) is 4.79. The maximum absolute atomic E-state index is 11.0. The van der Waals surface area contributed by atoms with Gasteiger partial charge in [-0.3, -0.25) is 4.79 Å². The van der Waals surface area contributed by atoms with Crippen molar-refractivity contribution in [2.75, 3.05) is 33.1 Å². The second-order valence-electron chi connectivity index (χ2n) is 2.31. The molecule has 0 N–H and O–H groups in total. The number of carbonyl (C=O) groups excluding carboxylic acids is 1. The summed E-state index contributed by atoms with van der Waals surface area (Å²) in [4.78, 5) is 12.6. The Kier molecular flexibility index (Phi) is 6.32. The van der Waals surface area contributed by atoms with Crippen LogP contribution < -0.4 is 0 Å². The molecular weight excluding hydrogens is 226 g/mol. The Morgan fingerprint density at radius 3 is 2.33 bits per heavy atom. The zero-order chi connectivity index (χ0) is 9.56. The van der Waals surface area contributed by atoms with Gasteiger partial charge in [-0.1, -0.05) is 15.9 Å². The van der Waals surface area contributed by atoms with Crippen molar-refractivity contribution in [1.82, 2.24) is 4.90 Å². The second kappa shape index (κ2) is 6.39. The monoisotopic (exact) mass is 239 g/mol. The van der Waals surface area contributed by atoms with E-state index in [1.165, 1.54) is 0 Å². The highest BCUT2D eigenvalue weighted by molar-refractivity contribution is 9.09. The third kappa shape index (κ3) is 4.04. The third-order valence-electron chi connectivity index (χ3n) is 1.49. The fourth-order valence-electron chi connectivity index (χ4n) is 0.673. The highest BCUT2D eigenvalue weighted by Crippen LogP contribution is 1.96. The number of methoxy groups -OCH3 is 2. The van der Waals surface area contributed by atoms with Gasteiger partial charge >= 0.3 is 0 Å². The van der Waals surface area contributed by atoms with Crippen LogP contribution in [-0.2, 0) is 14.3 Å². The number of likely N-dealkylation sites (N-methyl/N-ethyl adjacent to an activating group) is 1. The van der Waals surface area contributed by atoms with Gasteiger partial charge in [-0.2, -0.15) is 0 Å². The third-order valence-corrected chi connectivity index (χ3v) is 1.97. The predicted molar refractivity (Wildman–Crippen MR) is 49.2 cm³/mol. The van der Waals surface area contributed by atoms with Gasteiger partial charge in [0.25, 0.3) is 0 Å². The topological polar surface area (TPSA) is 38.8 Å². The van der Waals surface area contributed by atoms with E-state index in [0.717, 1.165) is 0 Å². The van der Waals surface area contributed by atoms with Crippen molar-refractivity contribution in [3.8, 4) is 0 Å². The van der Waals surface area contributed by atoms with Gasteiger partial charge in [0.05, 0.1) is 11.9 Å². The molecule has 0 aromatic rings. The summed E-state index contributed by atoms with van der Waals surface area (Å²) in [5, 5.41) is 0.323. The lowest BCUT2D eigenvalue weighted by atomic mass is 10.5. The molecule has 0 aliphatic carbocycles. The normalized spacial score (nSPS) is 10.4. The largest absolute Gasteiger partial charge is 0.354 e. The van der Waals surface area contributed by atoms with Crippen LogP contribution in [0.3, 0.4) is 0 Å². The summed E-state index contributed by atoms with van der Waals surface area (Å²) < 4.78 is 9.87. The SMILES string of the molecule is COC(CN(C)C(=O)CBr)OC. The van der Waals surface area contributed by atoms with Crippen molar-refractivity contribution in [2.45, 2.75) is 6.29 Å². The molecule has 12 heavy (non-hydrogen) atoms. The number of rotatable bonds is 5. The van der Waals surface area contributed by atoms with Gasteiger partial charge in [0.15, 0.2) is 6.29 Å². The van der Waals surface area contributed by atoms with Gasteiger partial charge in [-0.05, 0) is 0 Å². The molecule has 0 rings (SSSR count). The molecule has 0 saturated heterocycles. The molecule has 1 amide bonds. The van der Waals surface area contributed by atoms with Gasteiger partial charge in [0.2, 0.25) is 5.91 Å². The van der Waals surface area contributed by atoms with Crippen LogP contribution in [0.4, 0.5) is 0 Å². The fraction of sp³-hybridized carbons (Fsp3) is 0.857. The van der Waals surface area contributed by atoms with Crippen LogP contribution in [0.1, 0.15) is 0 Å². The molecule has 0 atom stereocenters. The molecule has 0 unspecified atom stereocenters. The molecule has 0 aliphatic heterocycles. The van der Waals surface area contributed by atoms with E-state index >= 15 is 0 Å². The number of amides is 1. The lowest BCUT2D eigenvalue weighted by molar-refractivity contribution is -0.140. The minimum atomic E-state index is -0.349. The summed E-state index contributed by atoms with van der Waals surface area (Å²) >= 11 is 3.08. The van der Waals surface area contributed by atoms with Crippen LogP contribution >= 0.6 is 15.9 Å². The van der Waals surface area contributed by atoms with Gasteiger partial charge in [0.1, 0.15) is 0 Å². The Morgan fingerprint density at radius 1 is 1.50 bits per heavy atom. The van der Waals surface area contributed by atoms with Gasteiger partial charge in [-0.15, -0.1) is 0 Å². The number of alkyl halides is 1. The van der Waals surface area contributed by atoms with Crippen LogP contribution in [0.5, 0.6) is 0 Å². The molecule has 0 heterocycles. The second-order valence-corrected chi connectivity index (χ2v) is 2.87. The van der Waals surface area contributed by atoms with E-state index in [0.29, 0.717) is 11.9 Å². The Labute approximate surface area is 80.9 Å². The molecule has 0 aromatic carbocycles. The van der Waals surface area contributed by atoms with Gasteiger partial charge in [0, 0.05) is 21.3 Å². The molecule has 0 aliphatic rings. The molecule has 72 valence electrons. The summed E-state index contributed by atoms with van der Waals surface area (Å²) in [6.07, 6.45) is -0.349. The average Bonchev–Trinajstić information content (AvgIpc) is 2.12. The Morgan fingerprint density at radius 2 is 2.00 bits per heavy atom. The van der Waals surface area contributed by atoms with Crippen molar-refractivity contribution in [2.24, 2.45) is 0 Å². The molecular formula is C7H14BrNO3. The molecule has 0 aromatic heterocycles. The number of halogens is 1. The first-order valence-electron chi connectivity index (χ1n) is 3.51. The van der Waals surface area contributed by atoms with Crippen LogP contribution in [0, 0.1) is 0 Å². The first-order valence-corrected chi connectivity index (χ1v) is 4.63. The van der Waals surface area contributed by atoms with Crippen molar-refractivity contribution >= 4 is 21.8 Å². The molecule has 0 saturated carbocycles. The lowest BCUT2D eigenvalue weighted by Crippen LogP contribution is -2.36.